The van der Waals surface area contributed by atoms with Gasteiger partial charge in [-0.3, -0.25) is 0 Å². The molecule has 0 fully saturated rings. The van der Waals surface area contributed by atoms with E-state index >= 15 is 0 Å². The van der Waals surface area contributed by atoms with Crippen LogP contribution in [0.4, 0.5) is 0 Å². The van der Waals surface area contributed by atoms with Crippen molar-refractivity contribution in [2.24, 2.45) is 0 Å². The first kappa shape index (κ1) is 9.66. The Balaban J connectivity index is 2.69. The van der Waals surface area contributed by atoms with Gasteiger partial charge in [-0.25, -0.2) is 9.50 Å². The van der Waals surface area contributed by atoms with Crippen LogP contribution in [0.1, 0.15) is 32.0 Å². The number of nitrogens with zero attached hydrogens (tertiary/aromatic N) is 4. The smallest absolute Gasteiger partial charge is 0.155 e. The van der Waals surface area contributed by atoms with Crippen molar-refractivity contribution in [3.63, 3.8) is 0 Å². The van der Waals surface area contributed by atoms with Crippen molar-refractivity contribution in [3.8, 4) is 6.07 Å². The molecule has 4 heteroatoms. The summed E-state index contributed by atoms with van der Waals surface area (Å²) in [5.41, 5.74) is 2.30. The van der Waals surface area contributed by atoms with E-state index in [1.807, 2.05) is 6.20 Å². The highest BCUT2D eigenvalue weighted by Crippen LogP contribution is 2.22. The molecule has 15 heavy (non-hydrogen) atoms. The zero-order valence-electron chi connectivity index (χ0n) is 9.02. The van der Waals surface area contributed by atoms with Gasteiger partial charge in [0.2, 0.25) is 0 Å². The van der Waals surface area contributed by atoms with Crippen molar-refractivity contribution in [2.75, 3.05) is 0 Å². The second kappa shape index (κ2) is 3.06. The number of imidazole rings is 1. The molecule has 0 saturated heterocycles. The molecule has 2 rings (SSSR count). The Morgan fingerprint density at radius 2 is 2.07 bits per heavy atom. The zero-order valence-corrected chi connectivity index (χ0v) is 9.02. The second-order valence-electron chi connectivity index (χ2n) is 4.52. The maximum absolute atomic E-state index is 8.74. The summed E-state index contributed by atoms with van der Waals surface area (Å²) in [5, 5.41) is 12.9. The molecule has 2 aromatic heterocycles. The van der Waals surface area contributed by atoms with Crippen LogP contribution in [0.25, 0.3) is 5.65 Å². The standard InChI is InChI=1S/C11H12N4/c1-11(2,3)9-7-13-10-4-8(5-12)6-14-15(9)10/h4,6-7H,1-3H3. The molecule has 0 aliphatic rings. The molecule has 0 amide bonds. The van der Waals surface area contributed by atoms with Gasteiger partial charge in [0.05, 0.1) is 23.7 Å². The molecule has 0 aliphatic heterocycles. The Morgan fingerprint density at radius 3 is 2.67 bits per heavy atom. The Bertz CT molecular complexity index is 540. The van der Waals surface area contributed by atoms with Crippen molar-refractivity contribution >= 4 is 5.65 Å². The summed E-state index contributed by atoms with van der Waals surface area (Å²) in [6.07, 6.45) is 3.37. The predicted octanol–water partition coefficient (Wildman–Crippen LogP) is 1.90. The molecule has 0 radical (unpaired) electrons. The van der Waals surface area contributed by atoms with E-state index in [0.717, 1.165) is 11.3 Å². The predicted molar refractivity (Wildman–Crippen MR) is 56.4 cm³/mol. The third-order valence-electron chi connectivity index (χ3n) is 2.26. The van der Waals surface area contributed by atoms with Gasteiger partial charge in [0.1, 0.15) is 6.07 Å². The van der Waals surface area contributed by atoms with Gasteiger partial charge in [-0.2, -0.15) is 10.4 Å². The lowest BCUT2D eigenvalue weighted by Crippen LogP contribution is -2.15. The fourth-order valence-corrected chi connectivity index (χ4v) is 1.45. The molecule has 0 atom stereocenters. The first-order valence-electron chi connectivity index (χ1n) is 4.77. The van der Waals surface area contributed by atoms with E-state index in [1.54, 1.807) is 16.8 Å². The van der Waals surface area contributed by atoms with Crippen LogP contribution in [0, 0.1) is 11.3 Å². The molecule has 2 aromatic rings. The van der Waals surface area contributed by atoms with Gasteiger partial charge in [-0.15, -0.1) is 0 Å². The molecule has 0 aromatic carbocycles. The SMILES string of the molecule is CC(C)(C)c1cnc2cc(C#N)cnn12. The van der Waals surface area contributed by atoms with E-state index < -0.39 is 0 Å². The summed E-state index contributed by atoms with van der Waals surface area (Å²) < 4.78 is 1.78. The van der Waals surface area contributed by atoms with Crippen LogP contribution in [0.2, 0.25) is 0 Å². The maximum atomic E-state index is 8.74. The molecule has 4 nitrogen and oxygen atoms in total. The molecule has 0 unspecified atom stereocenters. The molecule has 2 heterocycles. The first-order valence-corrected chi connectivity index (χ1v) is 4.77. The van der Waals surface area contributed by atoms with Crippen molar-refractivity contribution in [1.29, 1.82) is 5.26 Å². The van der Waals surface area contributed by atoms with Crippen LogP contribution < -0.4 is 0 Å². The van der Waals surface area contributed by atoms with Gasteiger partial charge < -0.3 is 0 Å². The van der Waals surface area contributed by atoms with Gasteiger partial charge in [0, 0.05) is 11.5 Å². The molecule has 76 valence electrons. The number of rotatable bonds is 0. The van der Waals surface area contributed by atoms with Crippen molar-refractivity contribution in [3.05, 3.63) is 29.7 Å². The summed E-state index contributed by atoms with van der Waals surface area (Å²) >= 11 is 0. The van der Waals surface area contributed by atoms with Gasteiger partial charge in [-0.05, 0) is 0 Å². The number of aromatic nitrogens is 3. The van der Waals surface area contributed by atoms with Crippen LogP contribution in [0.3, 0.4) is 0 Å². The monoisotopic (exact) mass is 200 g/mol. The normalized spacial score (nSPS) is 11.6. The molecule has 0 saturated carbocycles. The van der Waals surface area contributed by atoms with Crippen LogP contribution in [0.15, 0.2) is 18.5 Å². The minimum absolute atomic E-state index is 0.000572. The summed E-state index contributed by atoms with van der Waals surface area (Å²) in [6, 6.07) is 3.79. The third kappa shape index (κ3) is 1.57. The first-order chi connectivity index (χ1) is 7.02. The molecular formula is C11H12N4. The summed E-state index contributed by atoms with van der Waals surface area (Å²) in [6.45, 7) is 6.32. The summed E-state index contributed by atoms with van der Waals surface area (Å²) in [4.78, 5) is 4.24. The quantitative estimate of drug-likeness (QED) is 0.652. The van der Waals surface area contributed by atoms with Gasteiger partial charge in [0.15, 0.2) is 5.65 Å². The topological polar surface area (TPSA) is 54.0 Å². The minimum Gasteiger partial charge on any atom is -0.235 e. The average molecular weight is 200 g/mol. The molecule has 0 spiro atoms. The Morgan fingerprint density at radius 1 is 1.33 bits per heavy atom. The highest BCUT2D eigenvalue weighted by molar-refractivity contribution is 5.45. The van der Waals surface area contributed by atoms with Crippen molar-refractivity contribution in [1.82, 2.24) is 14.6 Å². The highest BCUT2D eigenvalue weighted by Gasteiger charge is 2.19. The number of hydrogen-bond donors (Lipinski definition) is 0. The highest BCUT2D eigenvalue weighted by atomic mass is 15.3. The van der Waals surface area contributed by atoms with Crippen LogP contribution in [0.5, 0.6) is 0 Å². The summed E-state index contributed by atoms with van der Waals surface area (Å²) in [5.74, 6) is 0. The number of nitriles is 1. The van der Waals surface area contributed by atoms with Gasteiger partial charge in [-0.1, -0.05) is 20.8 Å². The minimum atomic E-state index is 0.000572. The van der Waals surface area contributed by atoms with Gasteiger partial charge >= 0.3 is 0 Å². The molecule has 0 aliphatic carbocycles. The Kier molecular flexibility index (Phi) is 1.97. The van der Waals surface area contributed by atoms with Crippen LogP contribution >= 0.6 is 0 Å². The fourth-order valence-electron chi connectivity index (χ4n) is 1.45. The average Bonchev–Trinajstić information content (AvgIpc) is 2.59. The maximum Gasteiger partial charge on any atom is 0.155 e. The Hall–Kier alpha value is -1.89. The van der Waals surface area contributed by atoms with Crippen molar-refractivity contribution in [2.45, 2.75) is 26.2 Å². The number of fused-ring (bicyclic) bond motifs is 1. The molecule has 0 bridgehead atoms. The van der Waals surface area contributed by atoms with E-state index in [0.29, 0.717) is 5.56 Å². The van der Waals surface area contributed by atoms with E-state index in [4.69, 9.17) is 5.26 Å². The van der Waals surface area contributed by atoms with Crippen LogP contribution in [-0.4, -0.2) is 14.6 Å². The van der Waals surface area contributed by atoms with E-state index in [9.17, 15) is 0 Å². The zero-order chi connectivity index (χ0) is 11.1. The summed E-state index contributed by atoms with van der Waals surface area (Å²) in [7, 11) is 0. The lowest BCUT2D eigenvalue weighted by molar-refractivity contribution is 0.550. The van der Waals surface area contributed by atoms with Crippen molar-refractivity contribution < 1.29 is 0 Å². The molecule has 0 N–H and O–H groups in total. The Labute approximate surface area is 88.2 Å². The van der Waals surface area contributed by atoms with Crippen LogP contribution in [-0.2, 0) is 5.41 Å². The largest absolute Gasteiger partial charge is 0.235 e. The fraction of sp³-hybridized carbons (Fsp3) is 0.364. The third-order valence-corrected chi connectivity index (χ3v) is 2.26. The second-order valence-corrected chi connectivity index (χ2v) is 4.52. The van der Waals surface area contributed by atoms with E-state index in [2.05, 4.69) is 36.9 Å². The van der Waals surface area contributed by atoms with Gasteiger partial charge in [0.25, 0.3) is 0 Å². The lowest BCUT2D eigenvalue weighted by Gasteiger charge is -2.16. The lowest BCUT2D eigenvalue weighted by atomic mass is 9.93. The van der Waals surface area contributed by atoms with E-state index in [-0.39, 0.29) is 5.41 Å². The van der Waals surface area contributed by atoms with E-state index in [1.165, 1.54) is 0 Å². The number of hydrogen-bond acceptors (Lipinski definition) is 3. The molecular weight excluding hydrogens is 188 g/mol.